The van der Waals surface area contributed by atoms with Crippen molar-refractivity contribution in [3.05, 3.63) is 47.2 Å². The van der Waals surface area contributed by atoms with Gasteiger partial charge in [0.2, 0.25) is 0 Å². The van der Waals surface area contributed by atoms with E-state index in [9.17, 15) is 0 Å². The van der Waals surface area contributed by atoms with Gasteiger partial charge in [-0.05, 0) is 12.3 Å². The summed E-state index contributed by atoms with van der Waals surface area (Å²) in [5.74, 6) is 0.627. The second kappa shape index (κ2) is 21.4. The summed E-state index contributed by atoms with van der Waals surface area (Å²) in [6.45, 7) is 7.50. The minimum atomic E-state index is 0. The molecule has 20 heavy (non-hydrogen) atoms. The fraction of sp³-hybridized carbons (Fsp3) is 0.688. The standard InChI is InChI=1S/C11H18N.2C2H6N.CH3.Ti/c1-9(2)12-8-10(3)11-6-4-5-7-11;2*1-3-2;;/h4-6,9-10H,7-8H2,1-3H3;2*1-2H3;1H3;/q4*-1;+4. The van der Waals surface area contributed by atoms with Gasteiger partial charge in [-0.25, -0.2) is 0 Å². The van der Waals surface area contributed by atoms with Crippen LogP contribution in [0.4, 0.5) is 0 Å². The number of hydrogen-bond donors (Lipinski definition) is 0. The van der Waals surface area contributed by atoms with Gasteiger partial charge in [0.1, 0.15) is 0 Å². The minimum absolute atomic E-state index is 0. The van der Waals surface area contributed by atoms with Crippen LogP contribution in [0.15, 0.2) is 23.8 Å². The summed E-state index contributed by atoms with van der Waals surface area (Å²) < 4.78 is 0. The molecule has 0 spiro atoms. The van der Waals surface area contributed by atoms with Crippen molar-refractivity contribution in [1.82, 2.24) is 0 Å². The molecule has 0 saturated heterocycles. The Morgan fingerprint density at radius 1 is 1.05 bits per heavy atom. The van der Waals surface area contributed by atoms with E-state index in [4.69, 9.17) is 0 Å². The maximum atomic E-state index is 4.50. The van der Waals surface area contributed by atoms with E-state index >= 15 is 0 Å². The van der Waals surface area contributed by atoms with Crippen LogP contribution in [0.25, 0.3) is 16.0 Å². The molecule has 0 aliphatic heterocycles. The molecule has 0 fully saturated rings. The normalized spacial score (nSPS) is 12.9. The quantitative estimate of drug-likeness (QED) is 0.519. The van der Waals surface area contributed by atoms with Crippen molar-refractivity contribution in [3.63, 3.8) is 0 Å². The van der Waals surface area contributed by atoms with Crippen molar-refractivity contribution in [2.75, 3.05) is 34.7 Å². The maximum absolute atomic E-state index is 4.50. The van der Waals surface area contributed by atoms with E-state index in [0.717, 1.165) is 13.0 Å². The van der Waals surface area contributed by atoms with E-state index in [1.807, 2.05) is 0 Å². The van der Waals surface area contributed by atoms with Crippen molar-refractivity contribution in [2.45, 2.75) is 33.2 Å². The van der Waals surface area contributed by atoms with Gasteiger partial charge in [0.05, 0.1) is 0 Å². The predicted molar refractivity (Wildman–Crippen MR) is 91.2 cm³/mol. The first-order valence-electron chi connectivity index (χ1n) is 6.51. The summed E-state index contributed by atoms with van der Waals surface area (Å²) in [5.41, 5.74) is 1.53. The van der Waals surface area contributed by atoms with Gasteiger partial charge in [0, 0.05) is 0 Å². The maximum Gasteiger partial charge on any atom is 4.00 e. The largest absolute Gasteiger partial charge is 4.00 e. The van der Waals surface area contributed by atoms with E-state index < -0.39 is 0 Å². The number of allylic oxidation sites excluding steroid dienone is 3. The van der Waals surface area contributed by atoms with Crippen LogP contribution in [0.2, 0.25) is 0 Å². The summed E-state index contributed by atoms with van der Waals surface area (Å²) in [7, 11) is 7.00. The van der Waals surface area contributed by atoms with Gasteiger partial charge in [-0.15, -0.1) is 12.6 Å². The van der Waals surface area contributed by atoms with Crippen LogP contribution in [0.3, 0.4) is 0 Å². The molecule has 1 rings (SSSR count). The molecule has 0 aromatic heterocycles. The van der Waals surface area contributed by atoms with Gasteiger partial charge in [0.15, 0.2) is 0 Å². The van der Waals surface area contributed by atoms with Gasteiger partial charge in [0.25, 0.3) is 0 Å². The topological polar surface area (TPSA) is 42.3 Å². The fourth-order valence-corrected chi connectivity index (χ4v) is 1.32. The first-order valence-corrected chi connectivity index (χ1v) is 6.51. The van der Waals surface area contributed by atoms with E-state index in [0.29, 0.717) is 12.0 Å². The molecule has 0 radical (unpaired) electrons. The third kappa shape index (κ3) is 20.4. The average Bonchev–Trinajstić information content (AvgIpc) is 2.81. The van der Waals surface area contributed by atoms with E-state index in [1.165, 1.54) is 5.57 Å². The molecule has 0 N–H and O–H groups in total. The Kier molecular flexibility index (Phi) is 30.2. The summed E-state index contributed by atoms with van der Waals surface area (Å²) in [6, 6.07) is 0.474. The molecule has 1 aliphatic carbocycles. The molecule has 0 bridgehead atoms. The van der Waals surface area contributed by atoms with Crippen molar-refractivity contribution in [3.8, 4) is 0 Å². The molecule has 0 heterocycles. The average molecular weight is 315 g/mol. The molecule has 1 atom stereocenters. The summed E-state index contributed by atoms with van der Waals surface area (Å²) in [4.78, 5) is 0. The van der Waals surface area contributed by atoms with Crippen LogP contribution in [-0.2, 0) is 21.7 Å². The molecular formula is C16H33N3Ti. The zero-order chi connectivity index (χ0) is 14.4. The second-order valence-electron chi connectivity index (χ2n) is 4.63. The monoisotopic (exact) mass is 315 g/mol. The smallest absolute Gasteiger partial charge is 0.668 e. The van der Waals surface area contributed by atoms with Crippen LogP contribution < -0.4 is 0 Å². The molecule has 3 nitrogen and oxygen atoms in total. The SMILES string of the molecule is CC(C)[N-]CC(C)C1=CC=CC1.C[N-]C.C[N-]C.[CH3-].[Ti+4]. The Balaban J connectivity index is -0.000000139. The van der Waals surface area contributed by atoms with Gasteiger partial charge < -0.3 is 23.4 Å². The van der Waals surface area contributed by atoms with Crippen LogP contribution >= 0.6 is 0 Å². The Bertz CT molecular complexity index is 224. The summed E-state index contributed by atoms with van der Waals surface area (Å²) in [6.07, 6.45) is 7.71. The minimum Gasteiger partial charge on any atom is -0.668 e. The van der Waals surface area contributed by atoms with Crippen LogP contribution in [0.5, 0.6) is 0 Å². The number of nitrogens with zero attached hydrogens (tertiary/aromatic N) is 3. The molecular weight excluding hydrogens is 282 g/mol. The van der Waals surface area contributed by atoms with E-state index in [1.54, 1.807) is 28.2 Å². The molecule has 0 aromatic rings. The third-order valence-electron chi connectivity index (χ3n) is 2.18. The molecule has 116 valence electrons. The number of rotatable bonds is 4. The van der Waals surface area contributed by atoms with Crippen molar-refractivity contribution >= 4 is 0 Å². The molecule has 1 unspecified atom stereocenters. The van der Waals surface area contributed by atoms with E-state index in [-0.39, 0.29) is 29.1 Å². The zero-order valence-corrected chi connectivity index (χ0v) is 16.2. The Hall–Kier alpha value is 0.0743. The first kappa shape index (κ1) is 28.3. The molecule has 0 amide bonds. The Morgan fingerprint density at radius 2 is 1.50 bits per heavy atom. The van der Waals surface area contributed by atoms with Crippen LogP contribution in [0.1, 0.15) is 27.2 Å². The van der Waals surface area contributed by atoms with Crippen molar-refractivity contribution in [2.24, 2.45) is 5.92 Å². The second-order valence-corrected chi connectivity index (χ2v) is 4.63. The third-order valence-corrected chi connectivity index (χ3v) is 2.18. The number of hydrogen-bond acceptors (Lipinski definition) is 0. The molecule has 0 aromatic carbocycles. The Labute approximate surface area is 143 Å². The Morgan fingerprint density at radius 3 is 1.80 bits per heavy atom. The van der Waals surface area contributed by atoms with Gasteiger partial charge >= 0.3 is 21.7 Å². The van der Waals surface area contributed by atoms with Crippen LogP contribution in [0, 0.1) is 13.3 Å². The summed E-state index contributed by atoms with van der Waals surface area (Å²) in [5, 5.41) is 11.5. The van der Waals surface area contributed by atoms with E-state index in [2.05, 4.69) is 54.9 Å². The molecule has 0 saturated carbocycles. The molecule has 1 aliphatic rings. The van der Waals surface area contributed by atoms with Crippen LogP contribution in [-0.4, -0.2) is 40.8 Å². The van der Waals surface area contributed by atoms with Gasteiger partial charge in [-0.1, -0.05) is 44.6 Å². The van der Waals surface area contributed by atoms with Crippen molar-refractivity contribution in [1.29, 1.82) is 0 Å². The van der Waals surface area contributed by atoms with Crippen molar-refractivity contribution < 1.29 is 21.7 Å². The zero-order valence-electron chi connectivity index (χ0n) is 14.6. The predicted octanol–water partition coefficient (Wildman–Crippen LogP) is 4.98. The molecule has 4 heteroatoms. The first-order chi connectivity index (χ1) is 8.53. The fourth-order valence-electron chi connectivity index (χ4n) is 1.32. The van der Waals surface area contributed by atoms with Gasteiger partial charge in [-0.2, -0.15) is 28.2 Å². The summed E-state index contributed by atoms with van der Waals surface area (Å²) >= 11 is 0. The van der Waals surface area contributed by atoms with Gasteiger partial charge in [-0.3, -0.25) is 0 Å².